The monoisotopic (exact) mass is 566 g/mol. The minimum atomic E-state index is -0.416. The molecule has 0 fully saturated rings. The Morgan fingerprint density at radius 3 is 2.36 bits per heavy atom. The summed E-state index contributed by atoms with van der Waals surface area (Å²) in [5, 5.41) is 6.21. The van der Waals surface area contributed by atoms with Gasteiger partial charge in [-0.25, -0.2) is 19.2 Å². The average molecular weight is 567 g/mol. The molecule has 0 aliphatic carbocycles. The summed E-state index contributed by atoms with van der Waals surface area (Å²) in [5.74, 6) is -0.0105. The first-order valence-electron chi connectivity index (χ1n) is 13.6. The number of benzene rings is 3. The molecule has 6 aromatic rings. The van der Waals surface area contributed by atoms with E-state index in [1.165, 1.54) is 13.0 Å². The number of hydrogen-bond donors (Lipinski definition) is 2. The van der Waals surface area contributed by atoms with E-state index in [4.69, 9.17) is 4.98 Å². The smallest absolute Gasteiger partial charge is 0.328 e. The Bertz CT molecular complexity index is 2060. The number of nitrogens with one attached hydrogen (secondary N) is 2. The van der Waals surface area contributed by atoms with Crippen molar-refractivity contribution in [2.24, 2.45) is 21.1 Å². The predicted molar refractivity (Wildman–Crippen MR) is 163 cm³/mol. The first kappa shape index (κ1) is 27.0. The van der Waals surface area contributed by atoms with Gasteiger partial charge in [-0.05, 0) is 49.7 Å². The Morgan fingerprint density at radius 1 is 0.976 bits per heavy atom. The number of amides is 1. The summed E-state index contributed by atoms with van der Waals surface area (Å²) >= 11 is 0. The number of aromatic nitrogens is 6. The lowest BCUT2D eigenvalue weighted by Crippen LogP contribution is -2.19. The molecule has 0 aliphatic heterocycles. The van der Waals surface area contributed by atoms with E-state index in [0.717, 1.165) is 28.1 Å². The number of carbonyl (C=O) groups excluding carboxylic acids is 1. The van der Waals surface area contributed by atoms with Crippen molar-refractivity contribution < 1.29 is 9.18 Å². The third kappa shape index (κ3) is 4.43. The summed E-state index contributed by atoms with van der Waals surface area (Å²) in [6, 6.07) is 14.2. The van der Waals surface area contributed by atoms with Gasteiger partial charge in [-0.3, -0.25) is 18.5 Å². The zero-order valence-corrected chi connectivity index (χ0v) is 24.2. The van der Waals surface area contributed by atoms with E-state index >= 15 is 4.39 Å². The van der Waals surface area contributed by atoms with Crippen molar-refractivity contribution >= 4 is 39.3 Å². The van der Waals surface area contributed by atoms with Gasteiger partial charge in [0.2, 0.25) is 5.91 Å². The van der Waals surface area contributed by atoms with Crippen molar-refractivity contribution in [2.75, 3.05) is 10.6 Å². The summed E-state index contributed by atoms with van der Waals surface area (Å²) in [5.41, 5.74) is 6.46. The highest BCUT2D eigenvalue weighted by Crippen LogP contribution is 2.36. The van der Waals surface area contributed by atoms with Crippen molar-refractivity contribution in [1.29, 1.82) is 0 Å². The Labute approximate surface area is 241 Å². The van der Waals surface area contributed by atoms with Crippen LogP contribution in [0.25, 0.3) is 50.4 Å². The highest BCUT2D eigenvalue weighted by atomic mass is 19.1. The first-order chi connectivity index (χ1) is 20.0. The molecule has 3 heterocycles. The van der Waals surface area contributed by atoms with Gasteiger partial charge in [-0.1, -0.05) is 12.1 Å². The van der Waals surface area contributed by atoms with Gasteiger partial charge in [-0.15, -0.1) is 0 Å². The first-order valence-corrected chi connectivity index (χ1v) is 13.6. The predicted octanol–water partition coefficient (Wildman–Crippen LogP) is 5.20. The summed E-state index contributed by atoms with van der Waals surface area (Å²) in [6.45, 7) is 5.51. The molecule has 42 heavy (non-hydrogen) atoms. The van der Waals surface area contributed by atoms with Crippen LogP contribution in [-0.2, 0) is 25.9 Å². The highest BCUT2D eigenvalue weighted by Gasteiger charge is 2.22. The van der Waals surface area contributed by atoms with Crippen LogP contribution in [0, 0.1) is 5.82 Å². The van der Waals surface area contributed by atoms with Crippen LogP contribution in [0.3, 0.4) is 0 Å². The van der Waals surface area contributed by atoms with Gasteiger partial charge in [-0.2, -0.15) is 0 Å². The Hall–Kier alpha value is -5.19. The van der Waals surface area contributed by atoms with E-state index in [9.17, 15) is 9.59 Å². The van der Waals surface area contributed by atoms with Crippen molar-refractivity contribution in [3.8, 4) is 28.3 Å². The molecule has 0 bridgehead atoms. The summed E-state index contributed by atoms with van der Waals surface area (Å²) in [7, 11) is 5.37. The topological polar surface area (TPSA) is 104 Å². The summed E-state index contributed by atoms with van der Waals surface area (Å²) in [4.78, 5) is 33.6. The molecule has 3 aromatic carbocycles. The second-order valence-corrected chi connectivity index (χ2v) is 10.8. The van der Waals surface area contributed by atoms with Gasteiger partial charge >= 0.3 is 5.69 Å². The van der Waals surface area contributed by atoms with Crippen molar-refractivity contribution in [2.45, 2.75) is 26.8 Å². The molecule has 3 aromatic heterocycles. The Kier molecular flexibility index (Phi) is 6.44. The van der Waals surface area contributed by atoms with Gasteiger partial charge in [0.25, 0.3) is 0 Å². The van der Waals surface area contributed by atoms with E-state index in [1.807, 2.05) is 42.2 Å². The van der Waals surface area contributed by atoms with Crippen LogP contribution >= 0.6 is 0 Å². The molecular formula is C31H31FN8O2. The van der Waals surface area contributed by atoms with Crippen LogP contribution in [0.4, 0.5) is 15.8 Å². The number of hydrogen-bond acceptors (Lipinski definition) is 5. The number of anilines is 2. The van der Waals surface area contributed by atoms with Crippen LogP contribution in [-0.4, -0.2) is 40.2 Å². The molecule has 10 nitrogen and oxygen atoms in total. The average Bonchev–Trinajstić information content (AvgIpc) is 3.58. The van der Waals surface area contributed by atoms with Crippen molar-refractivity contribution in [1.82, 2.24) is 28.2 Å². The van der Waals surface area contributed by atoms with Crippen LogP contribution in [0.15, 0.2) is 65.8 Å². The molecule has 1 amide bonds. The number of imidazole rings is 3. The molecule has 2 N–H and O–H groups in total. The SMILES string of the molecule is CC(=O)Nc1ccc(-c2cc3nc(-c4cncn4C)n(-c4cc(NC(C)C)c5c(c4)n(C)c(=O)n5C)c3cc2F)cc1. The van der Waals surface area contributed by atoms with Crippen LogP contribution in [0.2, 0.25) is 0 Å². The second-order valence-electron chi connectivity index (χ2n) is 10.8. The number of aryl methyl sites for hydroxylation is 3. The maximum absolute atomic E-state index is 15.9. The zero-order chi connectivity index (χ0) is 29.9. The number of fused-ring (bicyclic) bond motifs is 2. The summed E-state index contributed by atoms with van der Waals surface area (Å²) in [6.07, 6.45) is 3.41. The second kappa shape index (κ2) is 10.0. The number of nitrogens with zero attached hydrogens (tertiary/aromatic N) is 6. The van der Waals surface area contributed by atoms with E-state index in [0.29, 0.717) is 33.7 Å². The number of carbonyl (C=O) groups is 1. The lowest BCUT2D eigenvalue weighted by atomic mass is 10.0. The van der Waals surface area contributed by atoms with Crippen LogP contribution in [0.1, 0.15) is 20.8 Å². The molecule has 0 atom stereocenters. The van der Waals surface area contributed by atoms with Gasteiger partial charge < -0.3 is 15.2 Å². The maximum atomic E-state index is 15.9. The molecule has 0 saturated heterocycles. The van der Waals surface area contributed by atoms with Crippen molar-refractivity contribution in [3.05, 3.63) is 77.4 Å². The molecule has 0 aliphatic rings. The normalized spacial score (nSPS) is 11.6. The molecule has 11 heteroatoms. The van der Waals surface area contributed by atoms with Gasteiger partial charge in [0.15, 0.2) is 5.82 Å². The fraction of sp³-hybridized carbons (Fsp3) is 0.226. The largest absolute Gasteiger partial charge is 0.381 e. The number of halogens is 1. The van der Waals surface area contributed by atoms with Crippen molar-refractivity contribution in [3.63, 3.8) is 0 Å². The molecule has 0 saturated carbocycles. The maximum Gasteiger partial charge on any atom is 0.328 e. The molecule has 0 spiro atoms. The minimum Gasteiger partial charge on any atom is -0.381 e. The lowest BCUT2D eigenvalue weighted by molar-refractivity contribution is -0.114. The van der Waals surface area contributed by atoms with E-state index in [2.05, 4.69) is 15.6 Å². The standard InChI is InChI=1S/C31H31FN8O2/c1-17(2)34-25-11-21(12-27-29(25)39(6)31(42)38(27)5)40-26-14-23(32)22(19-7-9-20(10-8-19)35-18(3)41)13-24(26)36-30(40)28-15-33-16-37(28)4/h7-17,34H,1-6H3,(H,35,41). The van der Waals surface area contributed by atoms with E-state index < -0.39 is 5.82 Å². The van der Waals surface area contributed by atoms with Gasteiger partial charge in [0.05, 0.1) is 46.0 Å². The van der Waals surface area contributed by atoms with E-state index in [1.54, 1.807) is 66.1 Å². The Balaban J connectivity index is 1.62. The van der Waals surface area contributed by atoms with E-state index in [-0.39, 0.29) is 17.6 Å². The molecule has 0 unspecified atom stereocenters. The fourth-order valence-electron chi connectivity index (χ4n) is 5.45. The quantitative estimate of drug-likeness (QED) is 0.288. The zero-order valence-electron chi connectivity index (χ0n) is 24.2. The lowest BCUT2D eigenvalue weighted by Gasteiger charge is -2.16. The fourth-order valence-corrected chi connectivity index (χ4v) is 5.45. The number of rotatable bonds is 6. The minimum absolute atomic E-state index is 0.104. The highest BCUT2D eigenvalue weighted by molar-refractivity contribution is 5.94. The molecular weight excluding hydrogens is 535 g/mol. The third-order valence-electron chi connectivity index (χ3n) is 7.35. The van der Waals surface area contributed by atoms with Gasteiger partial charge in [0, 0.05) is 51.4 Å². The van der Waals surface area contributed by atoms with Gasteiger partial charge in [0.1, 0.15) is 11.5 Å². The van der Waals surface area contributed by atoms with Crippen LogP contribution in [0.5, 0.6) is 0 Å². The molecule has 214 valence electrons. The van der Waals surface area contributed by atoms with Crippen LogP contribution < -0.4 is 16.3 Å². The molecule has 0 radical (unpaired) electrons. The summed E-state index contributed by atoms with van der Waals surface area (Å²) < 4.78 is 22.9. The third-order valence-corrected chi connectivity index (χ3v) is 7.35. The Morgan fingerprint density at radius 2 is 1.71 bits per heavy atom. The molecule has 6 rings (SSSR count).